The molecule has 0 aliphatic heterocycles. The number of benzene rings is 6. The minimum Gasteiger partial charge on any atom is -0.478 e. The molecule has 15 rings (SSSR count). The fourth-order valence-electron chi connectivity index (χ4n) is 11.1. The summed E-state index contributed by atoms with van der Waals surface area (Å²) in [6, 6.07) is 38.0. The normalized spacial score (nSPS) is 10.9. The van der Waals surface area contributed by atoms with Crippen molar-refractivity contribution in [3.05, 3.63) is 280 Å². The van der Waals surface area contributed by atoms with Crippen molar-refractivity contribution in [3.8, 4) is 18.2 Å². The maximum absolute atomic E-state index is 14.8. The molecule has 104 heavy (non-hydrogen) atoms. The first-order valence-corrected chi connectivity index (χ1v) is 32.8. The second-order valence-corrected chi connectivity index (χ2v) is 25.3. The number of pyridine rings is 3. The van der Waals surface area contributed by atoms with Crippen LogP contribution in [-0.4, -0.2) is 82.1 Å². The lowest BCUT2D eigenvalue weighted by atomic mass is 10.1. The van der Waals surface area contributed by atoms with Crippen molar-refractivity contribution in [2.45, 2.75) is 39.3 Å². The third-order valence-corrected chi connectivity index (χ3v) is 17.6. The van der Waals surface area contributed by atoms with Gasteiger partial charge in [-0.2, -0.15) is 31.1 Å². The Morgan fingerprint density at radius 2 is 0.788 bits per heavy atom. The van der Waals surface area contributed by atoms with E-state index in [0.29, 0.717) is 67.2 Å². The average molecular weight is 1530 g/mol. The van der Waals surface area contributed by atoms with Crippen LogP contribution in [0.1, 0.15) is 81.5 Å². The summed E-state index contributed by atoms with van der Waals surface area (Å²) in [5.41, 5.74) is 13.3. The summed E-state index contributed by atoms with van der Waals surface area (Å²) in [7, 11) is 0. The van der Waals surface area contributed by atoms with Gasteiger partial charge >= 0.3 is 5.97 Å². The molecule has 8 N–H and O–H groups in total. The molecular formula is C72H48Cl7F3N18O4. The number of aromatic amines is 3. The van der Waals surface area contributed by atoms with E-state index in [-0.39, 0.29) is 104 Å². The molecule has 9 aromatic heterocycles. The number of nitrogens with one attached hydrogen (secondary N) is 5. The lowest BCUT2D eigenvalue weighted by Crippen LogP contribution is -2.23. The Hall–Kier alpha value is -11.5. The number of carbonyl (C=O) groups is 3. The number of carbonyl (C=O) groups excluding carboxylic acids is 2. The van der Waals surface area contributed by atoms with Crippen LogP contribution in [0, 0.1) is 51.4 Å². The van der Waals surface area contributed by atoms with Crippen LogP contribution in [0.15, 0.2) is 165 Å². The Morgan fingerprint density at radius 1 is 0.471 bits per heavy atom. The van der Waals surface area contributed by atoms with Gasteiger partial charge in [0.15, 0.2) is 17.1 Å². The molecule has 520 valence electrons. The number of nitrogens with two attached hydrogens (primary N) is 1. The highest BCUT2D eigenvalue weighted by Crippen LogP contribution is 2.32. The standard InChI is InChI=1S/2C24H15Cl2FN6O.C15H9ClN4O2.C9H8ClFN2.ClH/c2*25-16-6-15-5-13(1-3-19(15)29-9-16)11-33-12-17(21(7-28)32-33)24(34)31-8-14-2-4-20-22(23(14)27)18(26)10-30-20;16-11-4-10-3-9(1-2-13(10)18-6-11)7-20-8-12(15(21)22)14(5-17)19-20;10-6-4-13-7-2-1-5(3-12)9(11)8(6)7;/h2*1-6,9-10,12,30H,8,11H2,(H,31,34);1-4,6,8H,7H2,(H,21,22);1-2,4,13H,3,12H2;1H. The van der Waals surface area contributed by atoms with Crippen molar-refractivity contribution in [1.29, 1.82) is 15.8 Å². The Balaban J connectivity index is 0.000000146. The van der Waals surface area contributed by atoms with Crippen LogP contribution < -0.4 is 16.4 Å². The van der Waals surface area contributed by atoms with Gasteiger partial charge < -0.3 is 36.4 Å². The molecule has 0 fully saturated rings. The number of fused-ring (bicyclic) bond motifs is 6. The number of amides is 2. The van der Waals surface area contributed by atoms with E-state index in [9.17, 15) is 38.1 Å². The van der Waals surface area contributed by atoms with Gasteiger partial charge in [0.1, 0.15) is 41.2 Å². The third-order valence-electron chi connectivity index (χ3n) is 16.0. The Morgan fingerprint density at radius 3 is 1.11 bits per heavy atom. The van der Waals surface area contributed by atoms with Crippen molar-refractivity contribution in [2.24, 2.45) is 5.73 Å². The highest BCUT2D eigenvalue weighted by Gasteiger charge is 2.22. The number of nitrogens with zero attached hydrogens (tertiary/aromatic N) is 12. The number of H-pyrrole nitrogens is 3. The predicted molar refractivity (Wildman–Crippen MR) is 393 cm³/mol. The molecule has 32 heteroatoms. The van der Waals surface area contributed by atoms with E-state index in [1.165, 1.54) is 45.0 Å². The second kappa shape index (κ2) is 32.2. The molecule has 0 radical (unpaired) electrons. The van der Waals surface area contributed by atoms with Crippen LogP contribution in [0.25, 0.3) is 65.4 Å². The molecule has 22 nitrogen and oxygen atoms in total. The first-order chi connectivity index (χ1) is 49.6. The Bertz CT molecular complexity index is 5750. The molecule has 2 amide bonds. The number of hydrogen-bond donors (Lipinski definition) is 7. The molecule has 0 saturated carbocycles. The molecule has 0 spiro atoms. The lowest BCUT2D eigenvalue weighted by Gasteiger charge is -2.07. The van der Waals surface area contributed by atoms with Crippen molar-refractivity contribution >= 4 is 165 Å². The number of hydrogen-bond acceptors (Lipinski definition) is 13. The zero-order chi connectivity index (χ0) is 72.8. The minimum atomic E-state index is -1.17. The van der Waals surface area contributed by atoms with Crippen LogP contribution in [0.4, 0.5) is 13.2 Å². The van der Waals surface area contributed by atoms with E-state index >= 15 is 0 Å². The molecule has 0 atom stereocenters. The zero-order valence-electron chi connectivity index (χ0n) is 53.3. The van der Waals surface area contributed by atoms with Crippen molar-refractivity contribution in [3.63, 3.8) is 0 Å². The van der Waals surface area contributed by atoms with Crippen molar-refractivity contribution in [2.75, 3.05) is 0 Å². The fraction of sp³-hybridized carbons (Fsp3) is 0.0833. The molecule has 6 aromatic carbocycles. The van der Waals surface area contributed by atoms with Crippen LogP contribution >= 0.6 is 82.0 Å². The fourth-order valence-corrected chi connectivity index (χ4v) is 12.3. The number of aromatic carboxylic acids is 1. The van der Waals surface area contributed by atoms with Gasteiger partial charge in [-0.15, -0.1) is 12.4 Å². The number of nitriles is 3. The van der Waals surface area contributed by atoms with Gasteiger partial charge in [-0.3, -0.25) is 38.6 Å². The summed E-state index contributed by atoms with van der Waals surface area (Å²) in [4.78, 5) is 58.0. The van der Waals surface area contributed by atoms with Gasteiger partial charge in [0.05, 0.1) is 93.6 Å². The average Bonchev–Trinajstić information content (AvgIpc) is 1.51. The molecule has 0 bridgehead atoms. The highest BCUT2D eigenvalue weighted by molar-refractivity contribution is 6.36. The summed E-state index contributed by atoms with van der Waals surface area (Å²) in [5.74, 6) is -3.57. The third kappa shape index (κ3) is 16.3. The van der Waals surface area contributed by atoms with Crippen LogP contribution in [0.3, 0.4) is 0 Å². The molecule has 0 aliphatic carbocycles. The van der Waals surface area contributed by atoms with E-state index < -0.39 is 29.4 Å². The maximum atomic E-state index is 14.8. The molecule has 15 aromatic rings. The van der Waals surface area contributed by atoms with E-state index in [0.717, 1.165) is 49.4 Å². The maximum Gasteiger partial charge on any atom is 0.340 e. The van der Waals surface area contributed by atoms with E-state index in [2.05, 4.69) is 55.8 Å². The Labute approximate surface area is 622 Å². The van der Waals surface area contributed by atoms with E-state index in [4.69, 9.17) is 85.7 Å². The monoisotopic (exact) mass is 1530 g/mol. The summed E-state index contributed by atoms with van der Waals surface area (Å²) >= 11 is 35.9. The number of aromatic nitrogens is 12. The lowest BCUT2D eigenvalue weighted by molar-refractivity contribution is 0.0695. The SMILES string of the molecule is Cl.N#Cc1nn(Cc2ccc3ncc(Cl)cc3c2)cc1C(=O)NCc1ccc2[nH]cc(Cl)c2c1F.N#Cc1nn(Cc2ccc3ncc(Cl)cc3c2)cc1C(=O)NCc1ccc2[nH]cc(Cl)c2c1F.N#Cc1nn(Cc2ccc3ncc(Cl)cc3c2)cc1C(=O)O.NCc1ccc2[nH]cc(Cl)c2c1F. The van der Waals surface area contributed by atoms with Gasteiger partial charge in [0.2, 0.25) is 0 Å². The number of carboxylic acid groups (broad SMARTS) is 1. The van der Waals surface area contributed by atoms with Gasteiger partial charge in [-0.05, 0) is 89.5 Å². The summed E-state index contributed by atoms with van der Waals surface area (Å²) in [6.45, 7) is 1.06. The topological polar surface area (TPSA) is 332 Å². The largest absolute Gasteiger partial charge is 0.478 e. The number of halogens is 10. The van der Waals surface area contributed by atoms with E-state index in [1.807, 2.05) is 78.9 Å². The van der Waals surface area contributed by atoms with Gasteiger partial charge in [-0.1, -0.05) is 106 Å². The second-order valence-electron chi connectivity index (χ2n) is 22.8. The van der Waals surface area contributed by atoms with Gasteiger partial charge in [0.25, 0.3) is 11.8 Å². The smallest absolute Gasteiger partial charge is 0.340 e. The quantitative estimate of drug-likeness (QED) is 0.0532. The van der Waals surface area contributed by atoms with Crippen LogP contribution in [-0.2, 0) is 39.3 Å². The van der Waals surface area contributed by atoms with Gasteiger partial charge in [-0.25, -0.2) is 18.0 Å². The molecular weight excluding hydrogens is 1490 g/mol. The number of carboxylic acids is 1. The van der Waals surface area contributed by atoms with Crippen molar-refractivity contribution < 1.29 is 32.7 Å². The molecule has 9 heterocycles. The van der Waals surface area contributed by atoms with Gasteiger partial charge in [0, 0.05) is 125 Å². The molecule has 0 aliphatic rings. The first kappa shape index (κ1) is 73.7. The summed E-state index contributed by atoms with van der Waals surface area (Å²) in [5, 5.41) is 60.7. The number of rotatable bonds is 14. The first-order valence-electron chi connectivity index (χ1n) is 30.5. The predicted octanol–water partition coefficient (Wildman–Crippen LogP) is 16.0. The minimum absolute atomic E-state index is 0. The summed E-state index contributed by atoms with van der Waals surface area (Å²) in [6.07, 6.45) is 13.7. The summed E-state index contributed by atoms with van der Waals surface area (Å²) < 4.78 is 47.6. The zero-order valence-corrected chi connectivity index (χ0v) is 58.6. The van der Waals surface area contributed by atoms with Crippen LogP contribution in [0.2, 0.25) is 30.1 Å². The molecule has 0 saturated heterocycles. The molecule has 0 unspecified atom stereocenters. The van der Waals surface area contributed by atoms with Crippen LogP contribution in [0.5, 0.6) is 0 Å². The van der Waals surface area contributed by atoms with Crippen molar-refractivity contribution in [1.82, 2.24) is 69.9 Å². The Kier molecular flexibility index (Phi) is 22.8. The highest BCUT2D eigenvalue weighted by atomic mass is 35.5. The van der Waals surface area contributed by atoms with E-state index in [1.54, 1.807) is 73.3 Å².